The summed E-state index contributed by atoms with van der Waals surface area (Å²) >= 11 is 0. The molecule has 1 unspecified atom stereocenters. The highest BCUT2D eigenvalue weighted by Gasteiger charge is 2.32. The van der Waals surface area contributed by atoms with Gasteiger partial charge in [-0.1, -0.05) is 54.1 Å². The van der Waals surface area contributed by atoms with E-state index in [2.05, 4.69) is 42.2 Å². The lowest BCUT2D eigenvalue weighted by Gasteiger charge is -2.38. The van der Waals surface area contributed by atoms with Gasteiger partial charge in [0, 0.05) is 18.8 Å². The number of nitrogens with zero attached hydrogens (tertiary/aromatic N) is 1. The van der Waals surface area contributed by atoms with Gasteiger partial charge in [-0.2, -0.15) is 0 Å². The minimum Gasteiger partial charge on any atom is -0.328 e. The summed E-state index contributed by atoms with van der Waals surface area (Å²) in [5, 5.41) is 0. The maximum absolute atomic E-state index is 13.2. The highest BCUT2D eigenvalue weighted by atomic mass is 16.2. The van der Waals surface area contributed by atoms with Gasteiger partial charge in [-0.3, -0.25) is 9.59 Å². The fourth-order valence-corrected chi connectivity index (χ4v) is 3.68. The summed E-state index contributed by atoms with van der Waals surface area (Å²) in [5.74, 6) is -0.0682. The molecule has 26 heavy (non-hydrogen) atoms. The standard InChI is InChI=1S/C22H20N2O2/c1-15-7-9-19-17(13-15)11-12-24(21(19)16-5-3-2-4-6-16)22(26)18-8-10-20(25)23-14-18/h2-10,13-14,21H,11-12H2,1H3,(H,23,25). The number of pyridine rings is 1. The van der Waals surface area contributed by atoms with Gasteiger partial charge in [-0.25, -0.2) is 0 Å². The van der Waals surface area contributed by atoms with Crippen LogP contribution in [-0.4, -0.2) is 22.3 Å². The van der Waals surface area contributed by atoms with E-state index in [4.69, 9.17) is 0 Å². The molecule has 0 spiro atoms. The molecule has 2 aromatic carbocycles. The summed E-state index contributed by atoms with van der Waals surface area (Å²) in [6, 6.07) is 19.4. The summed E-state index contributed by atoms with van der Waals surface area (Å²) in [6.45, 7) is 2.74. The predicted octanol–water partition coefficient (Wildman–Crippen LogP) is 3.47. The zero-order chi connectivity index (χ0) is 18.1. The number of aromatic amines is 1. The average molecular weight is 344 g/mol. The molecule has 0 bridgehead atoms. The third-order valence-electron chi connectivity index (χ3n) is 4.93. The zero-order valence-corrected chi connectivity index (χ0v) is 14.6. The highest BCUT2D eigenvalue weighted by Crippen LogP contribution is 2.36. The number of H-pyrrole nitrogens is 1. The van der Waals surface area contributed by atoms with E-state index in [-0.39, 0.29) is 17.5 Å². The van der Waals surface area contributed by atoms with Crippen molar-refractivity contribution < 1.29 is 4.79 Å². The zero-order valence-electron chi connectivity index (χ0n) is 14.6. The minimum absolute atomic E-state index is 0.0682. The van der Waals surface area contributed by atoms with Gasteiger partial charge in [-0.05, 0) is 36.1 Å². The molecule has 130 valence electrons. The molecule has 0 saturated heterocycles. The van der Waals surface area contributed by atoms with Crippen molar-refractivity contribution >= 4 is 5.91 Å². The van der Waals surface area contributed by atoms with Crippen LogP contribution in [0.25, 0.3) is 0 Å². The van der Waals surface area contributed by atoms with Gasteiger partial charge in [0.05, 0.1) is 11.6 Å². The van der Waals surface area contributed by atoms with Gasteiger partial charge in [-0.15, -0.1) is 0 Å². The third-order valence-corrected chi connectivity index (χ3v) is 4.93. The van der Waals surface area contributed by atoms with E-state index < -0.39 is 0 Å². The van der Waals surface area contributed by atoms with E-state index >= 15 is 0 Å². The fraction of sp³-hybridized carbons (Fsp3) is 0.182. The summed E-state index contributed by atoms with van der Waals surface area (Å²) in [7, 11) is 0. The van der Waals surface area contributed by atoms with Crippen LogP contribution in [0.4, 0.5) is 0 Å². The fourth-order valence-electron chi connectivity index (χ4n) is 3.68. The molecule has 4 heteroatoms. The molecule has 1 atom stereocenters. The molecular weight excluding hydrogens is 324 g/mol. The molecule has 0 aliphatic carbocycles. The van der Waals surface area contributed by atoms with Gasteiger partial charge in [0.1, 0.15) is 0 Å². The Hall–Kier alpha value is -3.14. The van der Waals surface area contributed by atoms with Gasteiger partial charge >= 0.3 is 0 Å². The van der Waals surface area contributed by atoms with E-state index in [1.165, 1.54) is 29.0 Å². The Labute approximate surface area is 152 Å². The van der Waals surface area contributed by atoms with Gasteiger partial charge in [0.15, 0.2) is 0 Å². The number of rotatable bonds is 2. The number of hydrogen-bond acceptors (Lipinski definition) is 2. The molecule has 3 aromatic rings. The summed E-state index contributed by atoms with van der Waals surface area (Å²) in [5.41, 5.74) is 5.09. The van der Waals surface area contributed by atoms with Crippen molar-refractivity contribution in [1.29, 1.82) is 0 Å². The van der Waals surface area contributed by atoms with Gasteiger partial charge in [0.25, 0.3) is 5.91 Å². The molecule has 0 radical (unpaired) electrons. The number of nitrogens with one attached hydrogen (secondary N) is 1. The van der Waals surface area contributed by atoms with Crippen molar-refractivity contribution in [3.63, 3.8) is 0 Å². The molecule has 4 rings (SSSR count). The monoisotopic (exact) mass is 344 g/mol. The largest absolute Gasteiger partial charge is 0.328 e. The number of amides is 1. The van der Waals surface area contributed by atoms with E-state index in [1.807, 2.05) is 23.1 Å². The van der Waals surface area contributed by atoms with Crippen LogP contribution < -0.4 is 5.56 Å². The second kappa shape index (κ2) is 6.64. The Morgan fingerprint density at radius 2 is 1.88 bits per heavy atom. The maximum atomic E-state index is 13.2. The van der Waals surface area contributed by atoms with Crippen molar-refractivity contribution in [3.8, 4) is 0 Å². The second-order valence-electron chi connectivity index (χ2n) is 6.71. The minimum atomic E-state index is -0.208. The number of hydrogen-bond donors (Lipinski definition) is 1. The van der Waals surface area contributed by atoms with Crippen LogP contribution in [-0.2, 0) is 6.42 Å². The first kappa shape index (κ1) is 16.3. The van der Waals surface area contributed by atoms with Crippen LogP contribution in [0.15, 0.2) is 71.7 Å². The molecule has 1 aliphatic rings. The van der Waals surface area contributed by atoms with Gasteiger partial charge in [0.2, 0.25) is 5.56 Å². The van der Waals surface area contributed by atoms with E-state index in [1.54, 1.807) is 6.07 Å². The molecular formula is C22H20N2O2. The summed E-state index contributed by atoms with van der Waals surface area (Å²) in [4.78, 5) is 29.0. The lowest BCUT2D eigenvalue weighted by Crippen LogP contribution is -2.40. The molecule has 1 aliphatic heterocycles. The van der Waals surface area contributed by atoms with Crippen LogP contribution in [0.3, 0.4) is 0 Å². The van der Waals surface area contributed by atoms with E-state index in [0.29, 0.717) is 12.1 Å². The lowest BCUT2D eigenvalue weighted by atomic mass is 9.87. The Morgan fingerprint density at radius 1 is 1.08 bits per heavy atom. The molecule has 1 amide bonds. The molecule has 0 fully saturated rings. The molecule has 1 aromatic heterocycles. The van der Waals surface area contributed by atoms with Crippen molar-refractivity contribution in [2.45, 2.75) is 19.4 Å². The third kappa shape index (κ3) is 2.94. The van der Waals surface area contributed by atoms with E-state index in [9.17, 15) is 9.59 Å². The Morgan fingerprint density at radius 3 is 2.62 bits per heavy atom. The van der Waals surface area contributed by atoms with Crippen LogP contribution in [0.2, 0.25) is 0 Å². The number of carbonyl (C=O) groups excluding carboxylic acids is 1. The maximum Gasteiger partial charge on any atom is 0.256 e. The van der Waals surface area contributed by atoms with Crippen LogP contribution >= 0.6 is 0 Å². The Balaban J connectivity index is 1.80. The number of carbonyl (C=O) groups is 1. The molecule has 1 N–H and O–H groups in total. The SMILES string of the molecule is Cc1ccc2c(c1)CCN(C(=O)c1ccc(=O)[nH]c1)C2c1ccccc1. The topological polar surface area (TPSA) is 53.2 Å². The molecule has 2 heterocycles. The van der Waals surface area contributed by atoms with E-state index in [0.717, 1.165) is 12.0 Å². The first-order valence-corrected chi connectivity index (χ1v) is 8.77. The van der Waals surface area contributed by atoms with Crippen LogP contribution in [0.1, 0.15) is 38.7 Å². The number of aromatic nitrogens is 1. The van der Waals surface area contributed by atoms with Crippen LogP contribution in [0.5, 0.6) is 0 Å². The van der Waals surface area contributed by atoms with Gasteiger partial charge < -0.3 is 9.88 Å². The van der Waals surface area contributed by atoms with Crippen molar-refractivity contribution in [2.24, 2.45) is 0 Å². The second-order valence-corrected chi connectivity index (χ2v) is 6.71. The van der Waals surface area contributed by atoms with Crippen LogP contribution in [0, 0.1) is 6.92 Å². The van der Waals surface area contributed by atoms with Crippen molar-refractivity contribution in [1.82, 2.24) is 9.88 Å². The smallest absolute Gasteiger partial charge is 0.256 e. The highest BCUT2D eigenvalue weighted by molar-refractivity contribution is 5.94. The summed E-state index contributed by atoms with van der Waals surface area (Å²) < 4.78 is 0. The number of aryl methyl sites for hydroxylation is 1. The normalized spacial score (nSPS) is 16.2. The lowest BCUT2D eigenvalue weighted by molar-refractivity contribution is 0.0694. The first-order chi connectivity index (χ1) is 12.6. The van der Waals surface area contributed by atoms with Crippen molar-refractivity contribution in [2.75, 3.05) is 6.54 Å². The predicted molar refractivity (Wildman–Crippen MR) is 101 cm³/mol. The quantitative estimate of drug-likeness (QED) is 0.774. The number of benzene rings is 2. The first-order valence-electron chi connectivity index (χ1n) is 8.77. The number of fused-ring (bicyclic) bond motifs is 1. The Bertz CT molecular complexity index is 988. The Kier molecular flexibility index (Phi) is 4.17. The molecule has 4 nitrogen and oxygen atoms in total. The summed E-state index contributed by atoms with van der Waals surface area (Å²) in [6.07, 6.45) is 2.33. The molecule has 0 saturated carbocycles. The van der Waals surface area contributed by atoms with Crippen molar-refractivity contribution in [3.05, 3.63) is 105 Å². The average Bonchev–Trinajstić information content (AvgIpc) is 2.67.